The zero-order valence-electron chi connectivity index (χ0n) is 59.8. The molecule has 1 unspecified atom stereocenters. The van der Waals surface area contributed by atoms with Crippen molar-refractivity contribution in [3.05, 3.63) is 239 Å². The number of hydrogen-bond acceptors (Lipinski definition) is 32. The molecule has 111 heavy (non-hydrogen) atoms. The fourth-order valence-corrected chi connectivity index (χ4v) is 12.2. The van der Waals surface area contributed by atoms with Gasteiger partial charge in [-0.15, -0.1) is 25.5 Å². The fraction of sp³-hybridized carbons (Fsp3) is 0.365. The van der Waals surface area contributed by atoms with Crippen LogP contribution in [0.15, 0.2) is 183 Å². The predicted octanol–water partition coefficient (Wildman–Crippen LogP) is 4.50. The molecule has 13 rings (SSSR count). The summed E-state index contributed by atoms with van der Waals surface area (Å²) in [6.45, 7) is 4.12. The van der Waals surface area contributed by atoms with E-state index in [9.17, 15) is 38.7 Å². The third kappa shape index (κ3) is 20.6. The van der Waals surface area contributed by atoms with Gasteiger partial charge in [0.15, 0.2) is 55.4 Å². The Morgan fingerprint density at radius 1 is 0.396 bits per heavy atom. The van der Waals surface area contributed by atoms with Crippen LogP contribution in [0.3, 0.4) is 0 Å². The molecular formula is C74H75N15O22. The Balaban J connectivity index is 0.643. The number of aromatic nitrogens is 15. The molecule has 3 aliphatic rings. The van der Waals surface area contributed by atoms with Gasteiger partial charge in [0.05, 0.1) is 124 Å². The van der Waals surface area contributed by atoms with E-state index in [1.54, 1.807) is 190 Å². The first-order valence-corrected chi connectivity index (χ1v) is 35.1. The van der Waals surface area contributed by atoms with E-state index in [0.717, 1.165) is 6.92 Å². The molecule has 37 nitrogen and oxygen atoms in total. The van der Waals surface area contributed by atoms with Gasteiger partial charge in [-0.25, -0.2) is 47.4 Å². The van der Waals surface area contributed by atoms with Crippen molar-refractivity contribution in [2.24, 2.45) is 0 Å². The van der Waals surface area contributed by atoms with E-state index in [-0.39, 0.29) is 100 Å². The number of ether oxygens (including phenoxy) is 14. The molecule has 13 atom stereocenters. The monoisotopic (exact) mass is 1530 g/mol. The summed E-state index contributed by atoms with van der Waals surface area (Å²) < 4.78 is 92.2. The zero-order valence-corrected chi connectivity index (χ0v) is 59.8. The van der Waals surface area contributed by atoms with E-state index < -0.39 is 122 Å². The molecule has 578 valence electrons. The molecule has 37 heteroatoms. The van der Waals surface area contributed by atoms with Crippen molar-refractivity contribution < 1.29 is 105 Å². The first-order chi connectivity index (χ1) is 54.0. The van der Waals surface area contributed by atoms with Gasteiger partial charge in [0, 0.05) is 26.5 Å². The quantitative estimate of drug-likeness (QED) is 0.0336. The Hall–Kier alpha value is -12.2. The minimum atomic E-state index is -1.56. The molecule has 3 saturated heterocycles. The van der Waals surface area contributed by atoms with Crippen LogP contribution in [0.4, 0.5) is 0 Å². The molecule has 3 aliphatic heterocycles. The van der Waals surface area contributed by atoms with Crippen molar-refractivity contribution in [3.8, 4) is 0 Å². The third-order valence-electron chi connectivity index (χ3n) is 17.3. The molecule has 0 amide bonds. The van der Waals surface area contributed by atoms with Crippen LogP contribution in [0.2, 0.25) is 0 Å². The number of rotatable bonds is 33. The number of hydrogen-bond donors (Lipinski definition) is 1. The van der Waals surface area contributed by atoms with Gasteiger partial charge in [0.25, 0.3) is 0 Å². The maximum Gasteiger partial charge on any atom is 0.338 e. The van der Waals surface area contributed by atoms with Crippen molar-refractivity contribution in [2.45, 2.75) is 160 Å². The standard InChI is InChI=1S/C74H75N15O22/c1-45-34-87(80-75-45)40-59-61(108-68(93)49-21-11-5-12-22-49)64(110-70(95)51-25-15-7-16-26-51)66(111-71(96)52-27-17-8-18-28-52)74(106-59)101-44-55-36-86(82-78-55)30-32-98-31-29-85-35-54(77-81-85)43-100-73-63(109-69(94)50-23-13-6-14-24-50)57(104-67(92)48-19-9-4-10-20-48)33-60(107-73)89-38-56(79-84-89)42-99-41-53-37-88(83-76-53)39-58-62(102-46(2)90)65(72(97)105-58)103-47(3)91/h4-28,34-38,57-66,72-74,97H,29-33,39-44H2,1-3H3/t57-,58+,59+,60-,61+,62+,63-,64-,65-,66-,72?,73-,74-/m0/s1. The maximum absolute atomic E-state index is 14.1. The summed E-state index contributed by atoms with van der Waals surface area (Å²) in [7, 11) is 0. The second kappa shape index (κ2) is 36.8. The maximum atomic E-state index is 14.1. The Labute approximate surface area is 631 Å². The largest absolute Gasteiger partial charge is 0.456 e. The molecule has 1 N–H and O–H groups in total. The summed E-state index contributed by atoms with van der Waals surface area (Å²) in [4.78, 5) is 93.6. The highest BCUT2D eigenvalue weighted by Gasteiger charge is 2.54. The van der Waals surface area contributed by atoms with Gasteiger partial charge in [-0.2, -0.15) is 0 Å². The van der Waals surface area contributed by atoms with Gasteiger partial charge in [-0.3, -0.25) is 9.59 Å². The summed E-state index contributed by atoms with van der Waals surface area (Å²) in [5.74, 6) is -5.25. The van der Waals surface area contributed by atoms with E-state index in [1.807, 2.05) is 0 Å². The number of aliphatic hydroxyl groups excluding tert-OH is 1. The first kappa shape index (κ1) is 76.9. The Morgan fingerprint density at radius 2 is 0.784 bits per heavy atom. The molecule has 0 radical (unpaired) electrons. The summed E-state index contributed by atoms with van der Waals surface area (Å²) in [6.07, 6.45) is -9.15. The SMILES string of the molecule is CC(=O)O[C@H]1[C@H](OC(C)=O)C(O)O[C@@H]1Cn1cc(COCc2cn([C@@H]3C[C@H](OC(=O)c4ccccc4)[C@H](OC(=O)c4ccccc4)[C@@H](OCc4cn(CCOCCn5cc(CO[C@H]6O[C@H](Cn7cc(C)nn7)[C@@H](OC(=O)c7ccccc7)[C@H](OC(=O)c7ccccc7)[C@@H]6OC(=O)c6ccccc6)nn5)nn4)O3)nn2)nn1. The van der Waals surface area contributed by atoms with Crippen molar-refractivity contribution >= 4 is 41.8 Å². The first-order valence-electron chi connectivity index (χ1n) is 35.1. The normalized spacial score (nSPS) is 22.2. The predicted molar refractivity (Wildman–Crippen MR) is 371 cm³/mol. The van der Waals surface area contributed by atoms with Gasteiger partial charge >= 0.3 is 41.8 Å². The topological polar surface area (TPSA) is 422 Å². The van der Waals surface area contributed by atoms with Crippen molar-refractivity contribution in [3.63, 3.8) is 0 Å². The van der Waals surface area contributed by atoms with Crippen molar-refractivity contribution in [1.82, 2.24) is 75.0 Å². The number of carbonyl (C=O) groups is 7. The molecule has 0 aliphatic carbocycles. The highest BCUT2D eigenvalue weighted by atomic mass is 16.7. The van der Waals surface area contributed by atoms with Gasteiger partial charge in [0.1, 0.15) is 41.1 Å². The second-order valence-electron chi connectivity index (χ2n) is 25.6. The number of nitrogens with zero attached hydrogens (tertiary/aromatic N) is 15. The van der Waals surface area contributed by atoms with E-state index in [4.69, 9.17) is 66.3 Å². The van der Waals surface area contributed by atoms with Crippen LogP contribution in [0.25, 0.3) is 0 Å². The minimum Gasteiger partial charge on any atom is -0.456 e. The molecule has 0 saturated carbocycles. The van der Waals surface area contributed by atoms with Gasteiger partial charge in [-0.1, -0.05) is 117 Å². The number of aliphatic hydroxyl groups is 1. The third-order valence-corrected chi connectivity index (χ3v) is 17.3. The average molecular weight is 1530 g/mol. The molecule has 3 fully saturated rings. The molecular weight excluding hydrogens is 1450 g/mol. The van der Waals surface area contributed by atoms with Gasteiger partial charge < -0.3 is 71.4 Å². The lowest BCUT2D eigenvalue weighted by Gasteiger charge is -2.44. The Kier molecular flexibility index (Phi) is 25.5. The molecule has 5 aromatic heterocycles. The van der Waals surface area contributed by atoms with Crippen LogP contribution in [0.5, 0.6) is 0 Å². The summed E-state index contributed by atoms with van der Waals surface area (Å²) >= 11 is 0. The van der Waals surface area contributed by atoms with Crippen molar-refractivity contribution in [1.29, 1.82) is 0 Å². The molecule has 8 heterocycles. The molecule has 10 aromatic rings. The van der Waals surface area contributed by atoms with Crippen LogP contribution < -0.4 is 0 Å². The molecule has 0 bridgehead atoms. The number of benzene rings is 5. The lowest BCUT2D eigenvalue weighted by molar-refractivity contribution is -0.299. The lowest BCUT2D eigenvalue weighted by atomic mass is 9.97. The zero-order chi connectivity index (χ0) is 77.2. The van der Waals surface area contributed by atoms with E-state index in [0.29, 0.717) is 28.5 Å². The lowest BCUT2D eigenvalue weighted by Crippen LogP contribution is -2.62. The van der Waals surface area contributed by atoms with Gasteiger partial charge in [0.2, 0.25) is 6.29 Å². The molecule has 5 aromatic carbocycles. The summed E-state index contributed by atoms with van der Waals surface area (Å²) in [6, 6.07) is 40.9. The van der Waals surface area contributed by atoms with Crippen LogP contribution in [0.1, 0.15) is 107 Å². The van der Waals surface area contributed by atoms with Crippen LogP contribution in [0, 0.1) is 6.92 Å². The van der Waals surface area contributed by atoms with Gasteiger partial charge in [-0.05, 0) is 67.6 Å². The highest BCUT2D eigenvalue weighted by molar-refractivity contribution is 5.92. The van der Waals surface area contributed by atoms with E-state index in [1.165, 1.54) is 30.3 Å². The fourth-order valence-electron chi connectivity index (χ4n) is 12.2. The smallest absolute Gasteiger partial charge is 0.338 e. The Morgan fingerprint density at radius 3 is 1.28 bits per heavy atom. The Bertz CT molecular complexity index is 4740. The second-order valence-corrected chi connectivity index (χ2v) is 25.6. The van der Waals surface area contributed by atoms with Crippen LogP contribution >= 0.6 is 0 Å². The van der Waals surface area contributed by atoms with Crippen molar-refractivity contribution in [2.75, 3.05) is 13.2 Å². The van der Waals surface area contributed by atoms with Crippen LogP contribution in [-0.4, -0.2) is 209 Å². The average Bonchev–Trinajstić information content (AvgIpc) is 0.968. The van der Waals surface area contributed by atoms with E-state index >= 15 is 0 Å². The highest BCUT2D eigenvalue weighted by Crippen LogP contribution is 2.36. The van der Waals surface area contributed by atoms with E-state index in [2.05, 4.69) is 51.6 Å². The number of aryl methyl sites for hydroxylation is 1. The number of esters is 7. The number of carbonyl (C=O) groups excluding carboxylic acids is 7. The summed E-state index contributed by atoms with van der Waals surface area (Å²) in [5, 5.41) is 52.8. The minimum absolute atomic E-state index is 0.0376. The van der Waals surface area contributed by atoms with Crippen LogP contribution in [-0.2, 0) is 129 Å². The molecule has 0 spiro atoms. The summed E-state index contributed by atoms with van der Waals surface area (Å²) in [5.41, 5.74) is 2.92.